The molecule has 1 heterocycles. The lowest BCUT2D eigenvalue weighted by atomic mass is 10.1. The van der Waals surface area contributed by atoms with Crippen LogP contribution in [0.4, 0.5) is 5.69 Å². The first kappa shape index (κ1) is 26.5. The summed E-state index contributed by atoms with van der Waals surface area (Å²) in [6.07, 6.45) is 1.75. The van der Waals surface area contributed by atoms with Crippen molar-refractivity contribution >= 4 is 44.7 Å². The summed E-state index contributed by atoms with van der Waals surface area (Å²) >= 11 is 3.36. The molecule has 0 spiro atoms. The number of hydrogen-bond donors (Lipinski definition) is 1. The molecule has 0 unspecified atom stereocenters. The van der Waals surface area contributed by atoms with Crippen molar-refractivity contribution < 1.29 is 24.3 Å². The van der Waals surface area contributed by atoms with Crippen molar-refractivity contribution in [2.24, 2.45) is 5.10 Å². The van der Waals surface area contributed by atoms with Crippen LogP contribution in [0.5, 0.6) is 11.5 Å². The Hall–Kier alpha value is -4.58. The van der Waals surface area contributed by atoms with Crippen LogP contribution in [0.3, 0.4) is 0 Å². The van der Waals surface area contributed by atoms with E-state index in [1.54, 1.807) is 30.3 Å². The summed E-state index contributed by atoms with van der Waals surface area (Å²) in [5.41, 5.74) is 0.823. The van der Waals surface area contributed by atoms with E-state index in [1.165, 1.54) is 37.6 Å². The molecule has 12 heteroatoms. The number of hydrogen-bond acceptors (Lipinski definition) is 8. The first-order valence-electron chi connectivity index (χ1n) is 11.3. The quantitative estimate of drug-likeness (QED) is 0.169. The number of methoxy groups -OCH3 is 1. The van der Waals surface area contributed by atoms with E-state index in [1.807, 2.05) is 6.92 Å². The van der Waals surface area contributed by atoms with Gasteiger partial charge >= 0.3 is 11.7 Å². The summed E-state index contributed by atoms with van der Waals surface area (Å²) in [5.74, 6) is -0.642. The largest absolute Gasteiger partial charge is 0.493 e. The molecule has 3 aromatic carbocycles. The van der Waals surface area contributed by atoms with E-state index in [0.717, 1.165) is 9.15 Å². The molecule has 0 saturated carbocycles. The second-order valence-electron chi connectivity index (χ2n) is 8.02. The Kier molecular flexibility index (Phi) is 7.82. The van der Waals surface area contributed by atoms with Gasteiger partial charge in [0.05, 0.1) is 34.7 Å². The van der Waals surface area contributed by atoms with Crippen molar-refractivity contribution in [2.75, 3.05) is 7.11 Å². The maximum absolute atomic E-state index is 13.1. The van der Waals surface area contributed by atoms with E-state index in [-0.39, 0.29) is 34.9 Å². The zero-order valence-corrected chi connectivity index (χ0v) is 21.8. The van der Waals surface area contributed by atoms with Crippen LogP contribution in [-0.2, 0) is 13.0 Å². The van der Waals surface area contributed by atoms with Gasteiger partial charge in [-0.25, -0.2) is 9.78 Å². The number of carbonyl (C=O) groups is 1. The van der Waals surface area contributed by atoms with E-state index in [4.69, 9.17) is 14.6 Å². The minimum atomic E-state index is -1.06. The van der Waals surface area contributed by atoms with Gasteiger partial charge in [-0.15, -0.1) is 0 Å². The average molecular weight is 581 g/mol. The molecule has 11 nitrogen and oxygen atoms in total. The Morgan fingerprint density at radius 3 is 2.58 bits per heavy atom. The lowest BCUT2D eigenvalue weighted by Gasteiger charge is -2.12. The fourth-order valence-corrected chi connectivity index (χ4v) is 4.04. The van der Waals surface area contributed by atoms with E-state index >= 15 is 0 Å². The molecule has 0 bridgehead atoms. The van der Waals surface area contributed by atoms with Gasteiger partial charge in [-0.3, -0.25) is 14.9 Å². The van der Waals surface area contributed by atoms with Crippen molar-refractivity contribution in [3.63, 3.8) is 0 Å². The third kappa shape index (κ3) is 5.54. The molecule has 0 fully saturated rings. The molecule has 0 aliphatic heterocycles. The fourth-order valence-electron chi connectivity index (χ4n) is 3.68. The number of halogens is 1. The SMILES string of the molecule is CCc1nc2ccc(Br)cc2c(=O)n1N=Cc1cc(OC)c(OCc2ccc(C(=O)O)cc2)c([N+](=O)[O-])c1. The maximum Gasteiger partial charge on any atom is 0.335 e. The van der Waals surface area contributed by atoms with Gasteiger partial charge in [0.1, 0.15) is 12.4 Å². The summed E-state index contributed by atoms with van der Waals surface area (Å²) in [6, 6.07) is 13.9. The van der Waals surface area contributed by atoms with E-state index in [9.17, 15) is 19.7 Å². The van der Waals surface area contributed by atoms with Crippen LogP contribution in [0.2, 0.25) is 0 Å². The highest BCUT2D eigenvalue weighted by Gasteiger charge is 2.22. The molecule has 0 aliphatic rings. The number of nitrogens with zero attached hydrogens (tertiary/aromatic N) is 4. The number of benzene rings is 3. The first-order valence-corrected chi connectivity index (χ1v) is 12.1. The fraction of sp³-hybridized carbons (Fsp3) is 0.154. The van der Waals surface area contributed by atoms with Crippen molar-refractivity contribution in [3.8, 4) is 11.5 Å². The summed E-state index contributed by atoms with van der Waals surface area (Å²) < 4.78 is 12.9. The van der Waals surface area contributed by atoms with Crippen LogP contribution in [0.25, 0.3) is 10.9 Å². The Balaban J connectivity index is 1.69. The maximum atomic E-state index is 13.1. The van der Waals surface area contributed by atoms with Gasteiger partial charge in [-0.05, 0) is 42.0 Å². The lowest BCUT2D eigenvalue weighted by molar-refractivity contribution is -0.386. The Labute approximate surface area is 224 Å². The molecule has 194 valence electrons. The molecule has 0 saturated heterocycles. The molecule has 38 heavy (non-hydrogen) atoms. The third-order valence-corrected chi connectivity index (χ3v) is 6.07. The highest BCUT2D eigenvalue weighted by molar-refractivity contribution is 9.10. The van der Waals surface area contributed by atoms with Gasteiger partial charge in [-0.2, -0.15) is 9.78 Å². The number of carboxylic acid groups (broad SMARTS) is 1. The van der Waals surface area contributed by atoms with Gasteiger partial charge in [0.15, 0.2) is 5.75 Å². The van der Waals surface area contributed by atoms with Crippen LogP contribution in [0, 0.1) is 10.1 Å². The zero-order valence-electron chi connectivity index (χ0n) is 20.3. The lowest BCUT2D eigenvalue weighted by Crippen LogP contribution is -2.22. The monoisotopic (exact) mass is 580 g/mol. The second-order valence-corrected chi connectivity index (χ2v) is 8.94. The van der Waals surface area contributed by atoms with Crippen molar-refractivity contribution in [1.29, 1.82) is 0 Å². The molecule has 0 atom stereocenters. The number of rotatable bonds is 9. The van der Waals surface area contributed by atoms with Crippen molar-refractivity contribution in [3.05, 3.63) is 102 Å². The van der Waals surface area contributed by atoms with Crippen LogP contribution in [0.15, 0.2) is 69.0 Å². The molecule has 1 aromatic heterocycles. The molecule has 0 amide bonds. The van der Waals surface area contributed by atoms with Gasteiger partial charge in [-0.1, -0.05) is 35.0 Å². The minimum Gasteiger partial charge on any atom is -0.493 e. The topological polar surface area (TPSA) is 146 Å². The van der Waals surface area contributed by atoms with Crippen LogP contribution >= 0.6 is 15.9 Å². The van der Waals surface area contributed by atoms with Crippen molar-refractivity contribution in [2.45, 2.75) is 20.0 Å². The summed E-state index contributed by atoms with van der Waals surface area (Å²) in [7, 11) is 1.35. The molecule has 0 radical (unpaired) electrons. The Morgan fingerprint density at radius 2 is 1.95 bits per heavy atom. The zero-order chi connectivity index (χ0) is 27.4. The summed E-state index contributed by atoms with van der Waals surface area (Å²) in [4.78, 5) is 39.9. The Morgan fingerprint density at radius 1 is 1.21 bits per heavy atom. The van der Waals surface area contributed by atoms with Crippen LogP contribution in [-0.4, -0.2) is 39.0 Å². The van der Waals surface area contributed by atoms with Gasteiger partial charge in [0.2, 0.25) is 5.75 Å². The molecule has 4 rings (SSSR count). The number of carboxylic acids is 1. The minimum absolute atomic E-state index is 0.0574. The number of aromatic nitrogens is 2. The van der Waals surface area contributed by atoms with Crippen LogP contribution in [0.1, 0.15) is 34.2 Å². The predicted molar refractivity (Wildman–Crippen MR) is 143 cm³/mol. The first-order chi connectivity index (χ1) is 18.2. The van der Waals surface area contributed by atoms with Crippen molar-refractivity contribution in [1.82, 2.24) is 9.66 Å². The van der Waals surface area contributed by atoms with Gasteiger partial charge in [0, 0.05) is 22.5 Å². The molecule has 1 N–H and O–H groups in total. The highest BCUT2D eigenvalue weighted by Crippen LogP contribution is 2.38. The second kappa shape index (κ2) is 11.2. The highest BCUT2D eigenvalue weighted by atomic mass is 79.9. The molecule has 0 aliphatic carbocycles. The van der Waals surface area contributed by atoms with E-state index in [0.29, 0.717) is 34.3 Å². The smallest absolute Gasteiger partial charge is 0.335 e. The average Bonchev–Trinajstić information content (AvgIpc) is 2.91. The predicted octanol–water partition coefficient (Wildman–Crippen LogP) is 4.80. The molecular weight excluding hydrogens is 560 g/mol. The van der Waals surface area contributed by atoms with E-state index < -0.39 is 10.9 Å². The number of nitro benzene ring substituents is 1. The standard InChI is InChI=1S/C26H21BrN4O7/c1-3-23-29-20-9-8-18(27)12-19(20)25(32)30(23)28-13-16-10-21(31(35)36)24(22(11-16)37-2)38-14-15-4-6-17(7-5-15)26(33)34/h4-13H,3,14H2,1-2H3,(H,33,34). The number of fused-ring (bicyclic) bond motifs is 1. The molecule has 4 aromatic rings. The summed E-state index contributed by atoms with van der Waals surface area (Å²) in [6.45, 7) is 1.78. The number of aromatic carboxylic acids is 1. The normalized spacial score (nSPS) is 11.1. The Bertz CT molecular complexity index is 1630. The van der Waals surface area contributed by atoms with Gasteiger partial charge < -0.3 is 14.6 Å². The summed E-state index contributed by atoms with van der Waals surface area (Å²) in [5, 5.41) is 25.6. The van der Waals surface area contributed by atoms with Crippen LogP contribution < -0.4 is 15.0 Å². The number of nitro groups is 1. The number of ether oxygens (including phenoxy) is 2. The molecular formula is C26H21BrN4O7. The van der Waals surface area contributed by atoms with E-state index in [2.05, 4.69) is 26.0 Å². The van der Waals surface area contributed by atoms with Gasteiger partial charge in [0.25, 0.3) is 5.56 Å². The number of aryl methyl sites for hydroxylation is 1. The third-order valence-electron chi connectivity index (χ3n) is 5.57.